The van der Waals surface area contributed by atoms with Gasteiger partial charge in [-0.15, -0.1) is 0 Å². The zero-order chi connectivity index (χ0) is 12.3. The fourth-order valence-corrected chi connectivity index (χ4v) is 2.64. The third-order valence-corrected chi connectivity index (χ3v) is 3.53. The van der Waals surface area contributed by atoms with Crippen LogP contribution in [0.15, 0.2) is 12.1 Å². The number of nitrogens with one attached hydrogen (secondary N) is 1. The van der Waals surface area contributed by atoms with E-state index in [1.54, 1.807) is 0 Å². The van der Waals surface area contributed by atoms with Crippen LogP contribution >= 0.6 is 0 Å². The zero-order valence-electron chi connectivity index (χ0n) is 9.74. The van der Waals surface area contributed by atoms with Crippen molar-refractivity contribution in [3.05, 3.63) is 28.8 Å². The van der Waals surface area contributed by atoms with Gasteiger partial charge in [0.05, 0.1) is 18.0 Å². The van der Waals surface area contributed by atoms with Gasteiger partial charge >= 0.3 is 0 Å². The number of rotatable bonds is 4. The first-order chi connectivity index (χ1) is 7.35. The van der Waals surface area contributed by atoms with E-state index >= 15 is 0 Å². The van der Waals surface area contributed by atoms with Crippen LogP contribution in [0.2, 0.25) is 0 Å². The molecule has 16 heavy (non-hydrogen) atoms. The molecule has 1 aromatic carbocycles. The van der Waals surface area contributed by atoms with Crippen molar-refractivity contribution in [3.8, 4) is 0 Å². The van der Waals surface area contributed by atoms with Crippen LogP contribution < -0.4 is 4.72 Å². The minimum atomic E-state index is -3.44. The Bertz CT molecular complexity index is 457. The van der Waals surface area contributed by atoms with Gasteiger partial charge in [-0.2, -0.15) is 0 Å². The molecule has 4 nitrogen and oxygen atoms in total. The highest BCUT2D eigenvalue weighted by Gasteiger charge is 2.12. The van der Waals surface area contributed by atoms with Crippen LogP contribution in [0.4, 0.5) is 5.69 Å². The molecule has 1 aromatic rings. The topological polar surface area (TPSA) is 66.4 Å². The van der Waals surface area contributed by atoms with Gasteiger partial charge in [0.1, 0.15) is 0 Å². The number of anilines is 1. The summed E-state index contributed by atoms with van der Waals surface area (Å²) in [6.45, 7) is 5.30. The van der Waals surface area contributed by atoms with Crippen molar-refractivity contribution >= 4 is 15.7 Å². The Kier molecular flexibility index (Phi) is 3.93. The number of aliphatic hydroxyl groups excluding tert-OH is 1. The van der Waals surface area contributed by atoms with Gasteiger partial charge in [0.15, 0.2) is 0 Å². The van der Waals surface area contributed by atoms with Crippen LogP contribution in [-0.2, 0) is 10.0 Å². The molecule has 0 radical (unpaired) electrons. The maximum atomic E-state index is 11.5. The second kappa shape index (κ2) is 4.84. The van der Waals surface area contributed by atoms with E-state index in [0.717, 1.165) is 16.7 Å². The quantitative estimate of drug-likeness (QED) is 0.838. The first kappa shape index (κ1) is 13.0. The summed E-state index contributed by atoms with van der Waals surface area (Å²) in [5.41, 5.74) is 3.48. The summed E-state index contributed by atoms with van der Waals surface area (Å²) in [4.78, 5) is 0. The maximum absolute atomic E-state index is 11.5. The number of sulfonamides is 1. The Hall–Kier alpha value is -1.07. The first-order valence-electron chi connectivity index (χ1n) is 5.05. The molecule has 0 fully saturated rings. The highest BCUT2D eigenvalue weighted by atomic mass is 32.2. The van der Waals surface area contributed by atoms with Gasteiger partial charge < -0.3 is 5.11 Å². The van der Waals surface area contributed by atoms with E-state index in [-0.39, 0.29) is 12.4 Å². The third kappa shape index (κ3) is 3.21. The van der Waals surface area contributed by atoms with Crippen molar-refractivity contribution in [2.24, 2.45) is 0 Å². The van der Waals surface area contributed by atoms with Crippen molar-refractivity contribution in [3.63, 3.8) is 0 Å². The third-order valence-electron chi connectivity index (χ3n) is 2.29. The lowest BCUT2D eigenvalue weighted by atomic mass is 10.1. The Balaban J connectivity index is 3.07. The highest BCUT2D eigenvalue weighted by molar-refractivity contribution is 7.92. The molecule has 0 amide bonds. The largest absolute Gasteiger partial charge is 0.395 e. The Labute approximate surface area is 96.4 Å². The molecule has 0 aliphatic heterocycles. The number of hydrogen-bond donors (Lipinski definition) is 2. The number of aryl methyl sites for hydroxylation is 3. The maximum Gasteiger partial charge on any atom is 0.235 e. The van der Waals surface area contributed by atoms with E-state index in [0.29, 0.717) is 5.69 Å². The molecular weight excluding hydrogens is 226 g/mol. The van der Waals surface area contributed by atoms with Crippen LogP contribution in [0.3, 0.4) is 0 Å². The molecule has 0 spiro atoms. The second-order valence-electron chi connectivity index (χ2n) is 3.92. The van der Waals surface area contributed by atoms with Gasteiger partial charge in [-0.25, -0.2) is 8.42 Å². The lowest BCUT2D eigenvalue weighted by molar-refractivity contribution is 0.320. The normalized spacial score (nSPS) is 11.5. The molecule has 2 N–H and O–H groups in total. The second-order valence-corrected chi connectivity index (χ2v) is 5.76. The van der Waals surface area contributed by atoms with E-state index in [4.69, 9.17) is 5.11 Å². The lowest BCUT2D eigenvalue weighted by Gasteiger charge is -2.13. The van der Waals surface area contributed by atoms with Crippen LogP contribution in [0.5, 0.6) is 0 Å². The van der Waals surface area contributed by atoms with Crippen LogP contribution in [0.1, 0.15) is 16.7 Å². The summed E-state index contributed by atoms with van der Waals surface area (Å²) >= 11 is 0. The molecule has 0 aromatic heterocycles. The van der Waals surface area contributed by atoms with Gasteiger partial charge in [-0.05, 0) is 31.9 Å². The highest BCUT2D eigenvalue weighted by Crippen LogP contribution is 2.22. The van der Waals surface area contributed by atoms with Crippen molar-refractivity contribution < 1.29 is 13.5 Å². The molecule has 5 heteroatoms. The zero-order valence-corrected chi connectivity index (χ0v) is 10.6. The predicted octanol–water partition coefficient (Wildman–Crippen LogP) is 1.35. The number of benzene rings is 1. The van der Waals surface area contributed by atoms with Gasteiger partial charge in [0, 0.05) is 0 Å². The fourth-order valence-electron chi connectivity index (χ4n) is 1.67. The van der Waals surface area contributed by atoms with E-state index in [9.17, 15) is 8.42 Å². The summed E-state index contributed by atoms with van der Waals surface area (Å²) in [6, 6.07) is 3.84. The van der Waals surface area contributed by atoms with Crippen LogP contribution in [-0.4, -0.2) is 25.9 Å². The Morgan fingerprint density at radius 2 is 1.69 bits per heavy atom. The van der Waals surface area contributed by atoms with Crippen LogP contribution in [0.25, 0.3) is 0 Å². The molecule has 0 bridgehead atoms. The smallest absolute Gasteiger partial charge is 0.235 e. The van der Waals surface area contributed by atoms with Crippen LogP contribution in [0, 0.1) is 20.8 Å². The van der Waals surface area contributed by atoms with Gasteiger partial charge in [0.25, 0.3) is 0 Å². The standard InChI is InChI=1S/C11H17NO3S/c1-8-6-9(2)11(10(3)7-8)12-16(14,15)5-4-13/h6-7,12-13H,4-5H2,1-3H3. The Morgan fingerprint density at radius 1 is 1.19 bits per heavy atom. The van der Waals surface area contributed by atoms with Gasteiger partial charge in [0.2, 0.25) is 10.0 Å². The first-order valence-corrected chi connectivity index (χ1v) is 6.70. The van der Waals surface area contributed by atoms with Crippen molar-refractivity contribution in [1.29, 1.82) is 0 Å². The van der Waals surface area contributed by atoms with E-state index in [1.807, 2.05) is 32.9 Å². The molecule has 0 unspecified atom stereocenters. The Morgan fingerprint density at radius 3 is 2.12 bits per heavy atom. The van der Waals surface area contributed by atoms with Crippen molar-refractivity contribution in [1.82, 2.24) is 0 Å². The lowest BCUT2D eigenvalue weighted by Crippen LogP contribution is -2.20. The summed E-state index contributed by atoms with van der Waals surface area (Å²) in [5, 5.41) is 8.64. The molecular formula is C11H17NO3S. The SMILES string of the molecule is Cc1cc(C)c(NS(=O)(=O)CCO)c(C)c1. The summed E-state index contributed by atoms with van der Waals surface area (Å²) in [6.07, 6.45) is 0. The minimum absolute atomic E-state index is 0.278. The summed E-state index contributed by atoms with van der Waals surface area (Å²) in [5.74, 6) is -0.278. The van der Waals surface area contributed by atoms with Crippen molar-refractivity contribution in [2.45, 2.75) is 20.8 Å². The molecule has 0 heterocycles. The molecule has 1 rings (SSSR count). The summed E-state index contributed by atoms with van der Waals surface area (Å²) in [7, 11) is -3.44. The van der Waals surface area contributed by atoms with E-state index in [1.165, 1.54) is 0 Å². The van der Waals surface area contributed by atoms with Gasteiger partial charge in [-0.3, -0.25) is 4.72 Å². The van der Waals surface area contributed by atoms with Crippen molar-refractivity contribution in [2.75, 3.05) is 17.1 Å². The van der Waals surface area contributed by atoms with E-state index < -0.39 is 10.0 Å². The average Bonchev–Trinajstić information content (AvgIpc) is 2.11. The molecule has 0 atom stereocenters. The average molecular weight is 243 g/mol. The predicted molar refractivity (Wildman–Crippen MR) is 65.1 cm³/mol. The molecule has 0 saturated heterocycles. The number of aliphatic hydroxyl groups is 1. The van der Waals surface area contributed by atoms with E-state index in [2.05, 4.69) is 4.72 Å². The molecule has 90 valence electrons. The molecule has 0 aliphatic carbocycles. The van der Waals surface area contributed by atoms with Gasteiger partial charge in [-0.1, -0.05) is 17.7 Å². The molecule has 0 saturated carbocycles. The number of hydrogen-bond acceptors (Lipinski definition) is 3. The fraction of sp³-hybridized carbons (Fsp3) is 0.455. The minimum Gasteiger partial charge on any atom is -0.395 e. The molecule has 0 aliphatic rings. The monoisotopic (exact) mass is 243 g/mol. The summed E-state index contributed by atoms with van der Waals surface area (Å²) < 4.78 is 25.5.